The Labute approximate surface area is 363 Å². The highest BCUT2D eigenvalue weighted by Gasteiger charge is 2.19. The Morgan fingerprint density at radius 3 is 1.03 bits per heavy atom. The van der Waals surface area contributed by atoms with E-state index in [1.807, 2.05) is 12.2 Å². The van der Waals surface area contributed by atoms with Crippen molar-refractivity contribution >= 4 is 17.9 Å². The number of allylic oxidation sites excluding steroid dienone is 12. The summed E-state index contributed by atoms with van der Waals surface area (Å²) in [5, 5.41) is 0. The summed E-state index contributed by atoms with van der Waals surface area (Å²) in [6, 6.07) is 0. The zero-order chi connectivity index (χ0) is 43.0. The third-order valence-corrected chi connectivity index (χ3v) is 10.2. The molecule has 0 spiro atoms. The maximum Gasteiger partial charge on any atom is 0.306 e. The van der Waals surface area contributed by atoms with Gasteiger partial charge in [-0.3, -0.25) is 14.4 Å². The van der Waals surface area contributed by atoms with E-state index in [1.54, 1.807) is 0 Å². The van der Waals surface area contributed by atoms with Crippen LogP contribution in [0.2, 0.25) is 0 Å². The number of hydrogen-bond acceptors (Lipinski definition) is 6. The van der Waals surface area contributed by atoms with Crippen LogP contribution < -0.4 is 0 Å². The summed E-state index contributed by atoms with van der Waals surface area (Å²) in [5.74, 6) is -0.999. The maximum absolute atomic E-state index is 12.7. The Hall–Kier alpha value is -3.15. The Morgan fingerprint density at radius 1 is 0.356 bits per heavy atom. The predicted molar refractivity (Wildman–Crippen MR) is 251 cm³/mol. The van der Waals surface area contributed by atoms with Crippen molar-refractivity contribution in [2.45, 2.75) is 232 Å². The van der Waals surface area contributed by atoms with E-state index in [1.165, 1.54) is 89.9 Å². The van der Waals surface area contributed by atoms with Gasteiger partial charge in [0.2, 0.25) is 0 Å². The van der Waals surface area contributed by atoms with Gasteiger partial charge in [0.05, 0.1) is 0 Å². The SMILES string of the molecule is CC/C=C\C/C=C\C/C=C\C/C=C\C/C=C\C/C=C\CCC(=O)OCC(COC(=O)CCCCCCC)OC(=O)CCCCCCCCCCCCCCCCCCC. The lowest BCUT2D eigenvalue weighted by Gasteiger charge is -2.18. The van der Waals surface area contributed by atoms with E-state index in [9.17, 15) is 14.4 Å². The first-order valence-electron chi connectivity index (χ1n) is 24.4. The van der Waals surface area contributed by atoms with Crippen LogP contribution in [0.25, 0.3) is 0 Å². The minimum atomic E-state index is -0.799. The van der Waals surface area contributed by atoms with E-state index in [0.29, 0.717) is 19.3 Å². The third-order valence-electron chi connectivity index (χ3n) is 10.2. The van der Waals surface area contributed by atoms with Gasteiger partial charge in [0.25, 0.3) is 0 Å². The molecule has 0 radical (unpaired) electrons. The lowest BCUT2D eigenvalue weighted by Crippen LogP contribution is -2.30. The lowest BCUT2D eigenvalue weighted by atomic mass is 10.0. The molecular weight excluding hydrogens is 733 g/mol. The minimum Gasteiger partial charge on any atom is -0.462 e. The predicted octanol–water partition coefficient (Wildman–Crippen LogP) is 15.9. The van der Waals surface area contributed by atoms with Gasteiger partial charge in [0.1, 0.15) is 13.2 Å². The van der Waals surface area contributed by atoms with E-state index in [4.69, 9.17) is 14.2 Å². The summed E-state index contributed by atoms with van der Waals surface area (Å²) in [7, 11) is 0. The first kappa shape index (κ1) is 55.9. The summed E-state index contributed by atoms with van der Waals surface area (Å²) < 4.78 is 16.6. The van der Waals surface area contributed by atoms with Crippen molar-refractivity contribution in [3.05, 3.63) is 72.9 Å². The summed E-state index contributed by atoms with van der Waals surface area (Å²) in [6.45, 7) is 6.37. The smallest absolute Gasteiger partial charge is 0.306 e. The monoisotopic (exact) mass is 823 g/mol. The van der Waals surface area contributed by atoms with Crippen LogP contribution in [0.15, 0.2) is 72.9 Å². The molecule has 0 saturated carbocycles. The Balaban J connectivity index is 4.30. The molecule has 0 N–H and O–H groups in total. The van der Waals surface area contributed by atoms with Crippen molar-refractivity contribution in [1.82, 2.24) is 0 Å². The molecule has 338 valence electrons. The minimum absolute atomic E-state index is 0.0982. The van der Waals surface area contributed by atoms with E-state index >= 15 is 0 Å². The number of hydrogen-bond donors (Lipinski definition) is 0. The van der Waals surface area contributed by atoms with Crippen LogP contribution in [0.4, 0.5) is 0 Å². The molecule has 6 heteroatoms. The molecule has 59 heavy (non-hydrogen) atoms. The molecule has 0 aliphatic heterocycles. The molecule has 0 aliphatic rings. The molecule has 1 unspecified atom stereocenters. The zero-order valence-electron chi connectivity index (χ0n) is 38.5. The lowest BCUT2D eigenvalue weighted by molar-refractivity contribution is -0.166. The zero-order valence-corrected chi connectivity index (χ0v) is 38.5. The van der Waals surface area contributed by atoms with Crippen LogP contribution >= 0.6 is 0 Å². The molecule has 0 saturated heterocycles. The molecular formula is C53H90O6. The molecule has 0 aliphatic carbocycles. The van der Waals surface area contributed by atoms with Gasteiger partial charge in [0, 0.05) is 19.3 Å². The largest absolute Gasteiger partial charge is 0.462 e. The normalized spacial score (nSPS) is 12.7. The third kappa shape index (κ3) is 45.8. The second-order valence-electron chi connectivity index (χ2n) is 16.0. The quantitative estimate of drug-likeness (QED) is 0.0264. The number of rotatable bonds is 43. The average molecular weight is 823 g/mol. The Morgan fingerprint density at radius 2 is 0.661 bits per heavy atom. The van der Waals surface area contributed by atoms with Gasteiger partial charge in [-0.25, -0.2) is 0 Å². The molecule has 0 heterocycles. The van der Waals surface area contributed by atoms with Crippen LogP contribution in [0.5, 0.6) is 0 Å². The molecule has 0 fully saturated rings. The van der Waals surface area contributed by atoms with E-state index in [0.717, 1.165) is 89.9 Å². The molecule has 0 aromatic rings. The van der Waals surface area contributed by atoms with Crippen molar-refractivity contribution in [3.8, 4) is 0 Å². The Bertz CT molecular complexity index is 1130. The number of ether oxygens (including phenoxy) is 3. The van der Waals surface area contributed by atoms with Gasteiger partial charge in [-0.15, -0.1) is 0 Å². The summed E-state index contributed by atoms with van der Waals surface area (Å²) in [5.41, 5.74) is 0. The molecule has 0 amide bonds. The van der Waals surface area contributed by atoms with Crippen molar-refractivity contribution in [2.75, 3.05) is 13.2 Å². The van der Waals surface area contributed by atoms with Crippen LogP contribution in [-0.4, -0.2) is 37.2 Å². The van der Waals surface area contributed by atoms with Gasteiger partial charge < -0.3 is 14.2 Å². The average Bonchev–Trinajstić information content (AvgIpc) is 3.23. The van der Waals surface area contributed by atoms with Crippen LogP contribution in [0.1, 0.15) is 226 Å². The van der Waals surface area contributed by atoms with E-state index in [2.05, 4.69) is 81.5 Å². The van der Waals surface area contributed by atoms with Crippen molar-refractivity contribution < 1.29 is 28.6 Å². The highest BCUT2D eigenvalue weighted by atomic mass is 16.6. The van der Waals surface area contributed by atoms with Crippen LogP contribution in [0, 0.1) is 0 Å². The molecule has 0 aromatic carbocycles. The number of carbonyl (C=O) groups is 3. The van der Waals surface area contributed by atoms with Gasteiger partial charge in [-0.2, -0.15) is 0 Å². The second-order valence-corrected chi connectivity index (χ2v) is 16.0. The van der Waals surface area contributed by atoms with Gasteiger partial charge in [-0.1, -0.05) is 222 Å². The second kappa shape index (κ2) is 47.5. The van der Waals surface area contributed by atoms with Gasteiger partial charge >= 0.3 is 17.9 Å². The highest BCUT2D eigenvalue weighted by molar-refractivity contribution is 5.71. The topological polar surface area (TPSA) is 78.9 Å². The van der Waals surface area contributed by atoms with Crippen LogP contribution in [-0.2, 0) is 28.6 Å². The fourth-order valence-corrected chi connectivity index (χ4v) is 6.58. The standard InChI is InChI=1S/C53H90O6/c1-4-7-10-13-15-17-19-21-23-25-26-28-29-31-33-35-37-40-43-46-52(55)58-49-50(48-57-51(54)45-42-39-12-9-6-3)59-53(56)47-44-41-38-36-34-32-30-27-24-22-20-18-16-14-11-8-5-2/h7,10,15,17,21,23,26,28,31,33,37,40,50H,4-6,8-9,11-14,16,18-20,22,24-25,27,29-30,32,34-36,38-39,41-49H2,1-3H3/b10-7-,17-15-,23-21-,28-26-,33-31-,40-37-. The molecule has 0 bridgehead atoms. The summed E-state index contributed by atoms with van der Waals surface area (Å²) in [6.07, 6.45) is 59.3. The maximum atomic E-state index is 12.7. The Kier molecular flexibility index (Phi) is 45.0. The van der Waals surface area contributed by atoms with E-state index < -0.39 is 6.10 Å². The first-order valence-corrected chi connectivity index (χ1v) is 24.4. The van der Waals surface area contributed by atoms with Gasteiger partial charge in [0.15, 0.2) is 6.10 Å². The number of unbranched alkanes of at least 4 members (excludes halogenated alkanes) is 20. The van der Waals surface area contributed by atoms with Gasteiger partial charge in [-0.05, 0) is 57.8 Å². The number of esters is 3. The summed E-state index contributed by atoms with van der Waals surface area (Å²) >= 11 is 0. The molecule has 1 atom stereocenters. The number of carbonyl (C=O) groups excluding carboxylic acids is 3. The van der Waals surface area contributed by atoms with E-state index in [-0.39, 0.29) is 37.5 Å². The van der Waals surface area contributed by atoms with Crippen molar-refractivity contribution in [3.63, 3.8) is 0 Å². The van der Waals surface area contributed by atoms with Crippen molar-refractivity contribution in [1.29, 1.82) is 0 Å². The molecule has 0 aromatic heterocycles. The van der Waals surface area contributed by atoms with Crippen molar-refractivity contribution in [2.24, 2.45) is 0 Å². The first-order chi connectivity index (χ1) is 29.0. The molecule has 6 nitrogen and oxygen atoms in total. The fourth-order valence-electron chi connectivity index (χ4n) is 6.58. The highest BCUT2D eigenvalue weighted by Crippen LogP contribution is 2.15. The fraction of sp³-hybridized carbons (Fsp3) is 0.717. The van der Waals surface area contributed by atoms with Crippen LogP contribution in [0.3, 0.4) is 0 Å². The summed E-state index contributed by atoms with van der Waals surface area (Å²) in [4.78, 5) is 37.6. The molecule has 0 rings (SSSR count).